The molecule has 62 valence electrons. The SMILES string of the molecule is C1CCOOC1.O=C(O)O.[H-].[Na+]. The Kier molecular flexibility index (Phi) is 12.7. The van der Waals surface area contributed by atoms with E-state index in [0.717, 1.165) is 26.1 Å². The third kappa shape index (κ3) is 17.8. The summed E-state index contributed by atoms with van der Waals surface area (Å²) in [4.78, 5) is 17.7. The maximum atomic E-state index is 8.56. The molecule has 0 spiro atoms. The first-order chi connectivity index (χ1) is 4.73. The molecule has 0 amide bonds. The zero-order valence-corrected chi connectivity index (χ0v) is 8.45. The van der Waals surface area contributed by atoms with Crippen molar-refractivity contribution in [2.24, 2.45) is 0 Å². The second-order valence-corrected chi connectivity index (χ2v) is 1.63. The van der Waals surface area contributed by atoms with Crippen LogP contribution in [-0.2, 0) is 9.78 Å². The summed E-state index contributed by atoms with van der Waals surface area (Å²) >= 11 is 0. The van der Waals surface area contributed by atoms with E-state index < -0.39 is 6.16 Å². The number of rotatable bonds is 0. The average Bonchev–Trinajstić information content (AvgIpc) is 1.90. The minimum Gasteiger partial charge on any atom is -1.00 e. The van der Waals surface area contributed by atoms with E-state index in [-0.39, 0.29) is 31.0 Å². The molecule has 1 aliphatic heterocycles. The molecule has 1 heterocycles. The Morgan fingerprint density at radius 2 is 1.45 bits per heavy atom. The predicted octanol–water partition coefficient (Wildman–Crippen LogP) is -1.93. The summed E-state index contributed by atoms with van der Waals surface area (Å²) in [5.41, 5.74) is 0. The fourth-order valence-electron chi connectivity index (χ4n) is 0.440. The summed E-state index contributed by atoms with van der Waals surface area (Å²) in [6, 6.07) is 0. The summed E-state index contributed by atoms with van der Waals surface area (Å²) in [6.07, 6.45) is 0.472. The van der Waals surface area contributed by atoms with Crippen molar-refractivity contribution in [2.75, 3.05) is 13.2 Å². The fraction of sp³-hybridized carbons (Fsp3) is 0.800. The van der Waals surface area contributed by atoms with Crippen molar-refractivity contribution in [1.82, 2.24) is 0 Å². The van der Waals surface area contributed by atoms with Gasteiger partial charge in [0.2, 0.25) is 0 Å². The van der Waals surface area contributed by atoms with Crippen LogP contribution in [0.15, 0.2) is 0 Å². The van der Waals surface area contributed by atoms with Gasteiger partial charge in [-0.25, -0.2) is 14.6 Å². The molecule has 6 heteroatoms. The predicted molar refractivity (Wildman–Crippen MR) is 32.9 cm³/mol. The van der Waals surface area contributed by atoms with Crippen molar-refractivity contribution in [3.63, 3.8) is 0 Å². The minimum absolute atomic E-state index is 0. The Bertz CT molecular complexity index is 82.3. The van der Waals surface area contributed by atoms with E-state index in [4.69, 9.17) is 15.0 Å². The summed E-state index contributed by atoms with van der Waals surface area (Å²) < 4.78 is 0. The molecule has 0 aliphatic carbocycles. The van der Waals surface area contributed by atoms with Crippen molar-refractivity contribution < 1.29 is 55.8 Å². The van der Waals surface area contributed by atoms with Crippen LogP contribution in [0.25, 0.3) is 0 Å². The first-order valence-electron chi connectivity index (χ1n) is 2.90. The van der Waals surface area contributed by atoms with Crippen LogP contribution in [-0.4, -0.2) is 29.6 Å². The Hall–Kier alpha value is 0.190. The van der Waals surface area contributed by atoms with Gasteiger partial charge in [-0.2, -0.15) is 0 Å². The van der Waals surface area contributed by atoms with Crippen LogP contribution in [0.5, 0.6) is 0 Å². The van der Waals surface area contributed by atoms with E-state index >= 15 is 0 Å². The van der Waals surface area contributed by atoms with Crippen molar-refractivity contribution >= 4 is 6.16 Å². The normalized spacial score (nSPS) is 15.3. The van der Waals surface area contributed by atoms with E-state index in [2.05, 4.69) is 9.78 Å². The van der Waals surface area contributed by atoms with Gasteiger partial charge < -0.3 is 11.6 Å². The van der Waals surface area contributed by atoms with E-state index in [1.807, 2.05) is 0 Å². The van der Waals surface area contributed by atoms with Crippen molar-refractivity contribution in [3.05, 3.63) is 0 Å². The number of hydrogen-bond donors (Lipinski definition) is 2. The fourth-order valence-corrected chi connectivity index (χ4v) is 0.440. The number of carbonyl (C=O) groups is 1. The van der Waals surface area contributed by atoms with E-state index in [1.54, 1.807) is 0 Å². The van der Waals surface area contributed by atoms with Crippen LogP contribution in [0.1, 0.15) is 14.3 Å². The molecule has 1 aliphatic rings. The van der Waals surface area contributed by atoms with E-state index in [1.165, 1.54) is 0 Å². The molecule has 2 N–H and O–H groups in total. The topological polar surface area (TPSA) is 76.0 Å². The Morgan fingerprint density at radius 1 is 1.18 bits per heavy atom. The minimum atomic E-state index is -1.83. The summed E-state index contributed by atoms with van der Waals surface area (Å²) in [6.45, 7) is 1.56. The van der Waals surface area contributed by atoms with Crippen LogP contribution in [0.3, 0.4) is 0 Å². The standard InChI is InChI=1S/C4H8O2.CH2O3.Na.H/c1-2-4-6-5-3-1;2-1(3)4;;/h1-4H2;(H2,2,3,4);;/q;;+1;-1. The van der Waals surface area contributed by atoms with Crippen LogP contribution < -0.4 is 29.6 Å². The van der Waals surface area contributed by atoms with Gasteiger partial charge in [-0.3, -0.25) is 0 Å². The van der Waals surface area contributed by atoms with Crippen LogP contribution in [0.4, 0.5) is 4.79 Å². The molecule has 0 bridgehead atoms. The van der Waals surface area contributed by atoms with Crippen molar-refractivity contribution in [2.45, 2.75) is 12.8 Å². The monoisotopic (exact) mass is 174 g/mol. The Morgan fingerprint density at radius 3 is 1.55 bits per heavy atom. The maximum absolute atomic E-state index is 8.56. The average molecular weight is 174 g/mol. The van der Waals surface area contributed by atoms with Crippen LogP contribution in [0.2, 0.25) is 0 Å². The molecule has 0 aromatic carbocycles. The molecular weight excluding hydrogens is 163 g/mol. The van der Waals surface area contributed by atoms with Gasteiger partial charge in [0, 0.05) is 0 Å². The molecule has 0 unspecified atom stereocenters. The first kappa shape index (κ1) is 13.8. The summed E-state index contributed by atoms with van der Waals surface area (Å²) in [5, 5.41) is 13.9. The van der Waals surface area contributed by atoms with Gasteiger partial charge in [0.05, 0.1) is 13.2 Å². The molecular formula is C5H11NaO5. The molecule has 1 fully saturated rings. The molecule has 0 aromatic heterocycles. The summed E-state index contributed by atoms with van der Waals surface area (Å²) in [5.74, 6) is 0. The van der Waals surface area contributed by atoms with Gasteiger partial charge in [-0.15, -0.1) is 0 Å². The molecule has 0 atom stereocenters. The first-order valence-corrected chi connectivity index (χ1v) is 2.90. The van der Waals surface area contributed by atoms with E-state index in [9.17, 15) is 0 Å². The second-order valence-electron chi connectivity index (χ2n) is 1.63. The van der Waals surface area contributed by atoms with Gasteiger partial charge in [-0.05, 0) is 12.8 Å². The Labute approximate surface area is 88.0 Å². The largest absolute Gasteiger partial charge is 1.00 e. The molecule has 0 saturated carbocycles. The van der Waals surface area contributed by atoms with Crippen LogP contribution in [0, 0.1) is 0 Å². The smallest absolute Gasteiger partial charge is 1.00 e. The Balaban J connectivity index is -0.000000124. The third-order valence-electron chi connectivity index (χ3n) is 0.789. The quantitative estimate of drug-likeness (QED) is 0.330. The third-order valence-corrected chi connectivity index (χ3v) is 0.789. The zero-order valence-electron chi connectivity index (χ0n) is 7.45. The molecule has 5 nitrogen and oxygen atoms in total. The zero-order chi connectivity index (χ0) is 7.82. The molecule has 1 rings (SSSR count). The molecule has 1 saturated heterocycles. The molecule has 0 radical (unpaired) electrons. The van der Waals surface area contributed by atoms with Gasteiger partial charge in [0.1, 0.15) is 0 Å². The summed E-state index contributed by atoms with van der Waals surface area (Å²) in [7, 11) is 0. The van der Waals surface area contributed by atoms with Crippen molar-refractivity contribution in [1.29, 1.82) is 0 Å². The molecule has 0 aromatic rings. The van der Waals surface area contributed by atoms with Gasteiger partial charge >= 0.3 is 35.7 Å². The maximum Gasteiger partial charge on any atom is 1.00 e. The van der Waals surface area contributed by atoms with Gasteiger partial charge in [0.15, 0.2) is 0 Å². The van der Waals surface area contributed by atoms with E-state index in [0.29, 0.717) is 0 Å². The van der Waals surface area contributed by atoms with Gasteiger partial charge in [-0.1, -0.05) is 0 Å². The molecule has 11 heavy (non-hydrogen) atoms. The van der Waals surface area contributed by atoms with Crippen LogP contribution >= 0.6 is 0 Å². The number of hydrogen-bond acceptors (Lipinski definition) is 3. The van der Waals surface area contributed by atoms with Crippen molar-refractivity contribution in [3.8, 4) is 0 Å². The number of carboxylic acid groups (broad SMARTS) is 2. The second kappa shape index (κ2) is 10.2. The van der Waals surface area contributed by atoms with Gasteiger partial charge in [0.25, 0.3) is 0 Å².